The van der Waals surface area contributed by atoms with Gasteiger partial charge in [-0.05, 0) is 39.2 Å². The van der Waals surface area contributed by atoms with Crippen LogP contribution in [0.4, 0.5) is 4.79 Å². The minimum absolute atomic E-state index is 0.00595. The predicted molar refractivity (Wildman–Crippen MR) is 90.5 cm³/mol. The molecule has 6 nitrogen and oxygen atoms in total. The first-order valence-corrected chi connectivity index (χ1v) is 8.98. The molecule has 0 aliphatic carbocycles. The highest BCUT2D eigenvalue weighted by atomic mass is 32.1. The molecule has 1 aliphatic heterocycles. The minimum atomic E-state index is 0.00595. The van der Waals surface area contributed by atoms with E-state index in [0.29, 0.717) is 13.1 Å². The quantitative estimate of drug-likeness (QED) is 0.936. The van der Waals surface area contributed by atoms with Crippen molar-refractivity contribution in [2.75, 3.05) is 13.1 Å². The van der Waals surface area contributed by atoms with Crippen molar-refractivity contribution in [3.8, 4) is 0 Å². The first-order valence-electron chi connectivity index (χ1n) is 8.10. The molecule has 3 heterocycles. The molecule has 2 aromatic heterocycles. The van der Waals surface area contributed by atoms with Crippen molar-refractivity contribution in [3.05, 3.63) is 34.0 Å². The van der Waals surface area contributed by atoms with Gasteiger partial charge in [0.05, 0.1) is 18.3 Å². The maximum Gasteiger partial charge on any atom is 0.318 e. The molecule has 124 valence electrons. The third-order valence-electron chi connectivity index (χ3n) is 4.20. The van der Waals surface area contributed by atoms with Gasteiger partial charge in [0.1, 0.15) is 5.01 Å². The highest BCUT2D eigenvalue weighted by molar-refractivity contribution is 7.09. The Labute approximate surface area is 140 Å². The van der Waals surface area contributed by atoms with Gasteiger partial charge in [0, 0.05) is 30.4 Å². The molecule has 0 bridgehead atoms. The van der Waals surface area contributed by atoms with E-state index in [1.54, 1.807) is 11.3 Å². The standard InChI is InChI=1S/C16H23N5OS/c1-12-11-13(2)21(19-12)9-6-18-16(22)20-8-4-3-5-14(20)15-17-7-10-23-15/h7,10-11,14H,3-6,8-9H2,1-2H3,(H,18,22)/t14-/m1/s1. The van der Waals surface area contributed by atoms with E-state index >= 15 is 0 Å². The van der Waals surface area contributed by atoms with Crippen LogP contribution in [0, 0.1) is 13.8 Å². The van der Waals surface area contributed by atoms with E-state index < -0.39 is 0 Å². The summed E-state index contributed by atoms with van der Waals surface area (Å²) in [4.78, 5) is 18.9. The zero-order valence-corrected chi connectivity index (χ0v) is 14.5. The maximum atomic E-state index is 12.5. The monoisotopic (exact) mass is 333 g/mol. The number of nitrogens with zero attached hydrogens (tertiary/aromatic N) is 4. The van der Waals surface area contributed by atoms with E-state index in [2.05, 4.69) is 15.4 Å². The lowest BCUT2D eigenvalue weighted by atomic mass is 10.0. The van der Waals surface area contributed by atoms with E-state index in [1.807, 2.05) is 41.1 Å². The Hall–Kier alpha value is -1.89. The van der Waals surface area contributed by atoms with Crippen molar-refractivity contribution in [1.29, 1.82) is 0 Å². The summed E-state index contributed by atoms with van der Waals surface area (Å²) in [7, 11) is 0. The Bertz CT molecular complexity index is 651. The van der Waals surface area contributed by atoms with Crippen molar-refractivity contribution in [3.63, 3.8) is 0 Å². The van der Waals surface area contributed by atoms with Crippen molar-refractivity contribution in [2.45, 2.75) is 45.7 Å². The van der Waals surface area contributed by atoms with Crippen molar-refractivity contribution in [1.82, 2.24) is 25.0 Å². The molecule has 1 saturated heterocycles. The van der Waals surface area contributed by atoms with E-state index in [0.717, 1.165) is 42.2 Å². The van der Waals surface area contributed by atoms with Gasteiger partial charge in [0.25, 0.3) is 0 Å². The molecule has 3 rings (SSSR count). The van der Waals surface area contributed by atoms with Crippen molar-refractivity contribution >= 4 is 17.4 Å². The summed E-state index contributed by atoms with van der Waals surface area (Å²) in [5.74, 6) is 0. The molecule has 1 fully saturated rings. The van der Waals surface area contributed by atoms with Gasteiger partial charge in [-0.15, -0.1) is 11.3 Å². The van der Waals surface area contributed by atoms with Gasteiger partial charge >= 0.3 is 6.03 Å². The van der Waals surface area contributed by atoms with Crippen molar-refractivity contribution < 1.29 is 4.79 Å². The number of amides is 2. The number of hydrogen-bond acceptors (Lipinski definition) is 4. The molecule has 1 atom stereocenters. The lowest BCUT2D eigenvalue weighted by Gasteiger charge is -2.34. The van der Waals surface area contributed by atoms with Gasteiger partial charge in [-0.2, -0.15) is 5.10 Å². The van der Waals surface area contributed by atoms with Gasteiger partial charge in [-0.25, -0.2) is 9.78 Å². The lowest BCUT2D eigenvalue weighted by molar-refractivity contribution is 0.151. The van der Waals surface area contributed by atoms with Crippen LogP contribution in [-0.4, -0.2) is 38.8 Å². The average Bonchev–Trinajstić information content (AvgIpc) is 3.17. The lowest BCUT2D eigenvalue weighted by Crippen LogP contribution is -2.45. The third-order valence-corrected chi connectivity index (χ3v) is 5.08. The van der Waals surface area contributed by atoms with Crippen LogP contribution in [0.1, 0.15) is 41.7 Å². The molecule has 0 saturated carbocycles. The summed E-state index contributed by atoms with van der Waals surface area (Å²) in [6.07, 6.45) is 5.03. The molecule has 0 unspecified atom stereocenters. The number of piperidine rings is 1. The van der Waals surface area contributed by atoms with Crippen LogP contribution < -0.4 is 5.32 Å². The topological polar surface area (TPSA) is 63.1 Å². The second kappa shape index (κ2) is 7.12. The average molecular weight is 333 g/mol. The molecule has 2 aromatic rings. The molecule has 1 N–H and O–H groups in total. The van der Waals surface area contributed by atoms with Gasteiger partial charge < -0.3 is 10.2 Å². The zero-order chi connectivity index (χ0) is 16.2. The van der Waals surface area contributed by atoms with Crippen molar-refractivity contribution in [2.24, 2.45) is 0 Å². The first-order chi connectivity index (χ1) is 11.1. The number of thiazole rings is 1. The number of rotatable bonds is 4. The summed E-state index contributed by atoms with van der Waals surface area (Å²) in [5, 5.41) is 10.5. The number of aryl methyl sites for hydroxylation is 2. The molecular weight excluding hydrogens is 310 g/mol. The summed E-state index contributed by atoms with van der Waals surface area (Å²) in [6.45, 7) is 6.10. The van der Waals surface area contributed by atoms with Crippen LogP contribution in [0.5, 0.6) is 0 Å². The number of urea groups is 1. The van der Waals surface area contributed by atoms with E-state index in [9.17, 15) is 4.79 Å². The molecule has 0 radical (unpaired) electrons. The second-order valence-corrected chi connectivity index (χ2v) is 6.88. The van der Waals surface area contributed by atoms with Crippen LogP contribution in [0.3, 0.4) is 0 Å². The molecule has 0 aromatic carbocycles. The van der Waals surface area contributed by atoms with E-state index in [1.165, 1.54) is 0 Å². The van der Waals surface area contributed by atoms with Gasteiger partial charge in [-0.1, -0.05) is 0 Å². The number of carbonyl (C=O) groups is 1. The fourth-order valence-corrected chi connectivity index (χ4v) is 3.89. The fraction of sp³-hybridized carbons (Fsp3) is 0.562. The number of likely N-dealkylation sites (tertiary alicyclic amines) is 1. The third kappa shape index (κ3) is 3.72. The summed E-state index contributed by atoms with van der Waals surface area (Å²) in [5.41, 5.74) is 2.13. The van der Waals surface area contributed by atoms with Crippen LogP contribution in [0.25, 0.3) is 0 Å². The Balaban J connectivity index is 1.57. The fourth-order valence-electron chi connectivity index (χ4n) is 3.10. The van der Waals surface area contributed by atoms with Gasteiger partial charge in [0.15, 0.2) is 0 Å². The minimum Gasteiger partial charge on any atom is -0.336 e. The Morgan fingerprint density at radius 3 is 3.00 bits per heavy atom. The molecule has 0 spiro atoms. The number of carbonyl (C=O) groups excluding carboxylic acids is 1. The van der Waals surface area contributed by atoms with Crippen LogP contribution in [0.15, 0.2) is 17.6 Å². The summed E-state index contributed by atoms with van der Waals surface area (Å²) < 4.78 is 1.93. The maximum absolute atomic E-state index is 12.5. The van der Waals surface area contributed by atoms with E-state index in [4.69, 9.17) is 0 Å². The van der Waals surface area contributed by atoms with Crippen LogP contribution in [-0.2, 0) is 6.54 Å². The zero-order valence-electron chi connectivity index (χ0n) is 13.7. The summed E-state index contributed by atoms with van der Waals surface area (Å²) >= 11 is 1.63. The van der Waals surface area contributed by atoms with Crippen LogP contribution >= 0.6 is 11.3 Å². The first kappa shape index (κ1) is 16.0. The Morgan fingerprint density at radius 1 is 1.43 bits per heavy atom. The van der Waals surface area contributed by atoms with Crippen LogP contribution in [0.2, 0.25) is 0 Å². The number of hydrogen-bond donors (Lipinski definition) is 1. The molecular formula is C16H23N5OS. The van der Waals surface area contributed by atoms with Gasteiger partial charge in [-0.3, -0.25) is 4.68 Å². The normalized spacial score (nSPS) is 18.2. The molecule has 7 heteroatoms. The van der Waals surface area contributed by atoms with E-state index in [-0.39, 0.29) is 12.1 Å². The number of nitrogens with one attached hydrogen (secondary N) is 1. The SMILES string of the molecule is Cc1cc(C)n(CCNC(=O)N2CCCC[C@@H]2c2nccs2)n1. The highest BCUT2D eigenvalue weighted by Gasteiger charge is 2.29. The molecule has 2 amide bonds. The highest BCUT2D eigenvalue weighted by Crippen LogP contribution is 2.31. The molecule has 1 aliphatic rings. The van der Waals surface area contributed by atoms with Gasteiger partial charge in [0.2, 0.25) is 0 Å². The Morgan fingerprint density at radius 2 is 2.30 bits per heavy atom. The largest absolute Gasteiger partial charge is 0.336 e. The molecule has 23 heavy (non-hydrogen) atoms. The number of aromatic nitrogens is 3. The predicted octanol–water partition coefficient (Wildman–Crippen LogP) is 2.89. The smallest absolute Gasteiger partial charge is 0.318 e. The summed E-state index contributed by atoms with van der Waals surface area (Å²) in [6, 6.07) is 2.18. The Kier molecular flexibility index (Phi) is 4.95. The second-order valence-electron chi connectivity index (χ2n) is 5.96.